The van der Waals surface area contributed by atoms with Crippen LogP contribution in [0, 0.1) is 0 Å². The number of rotatable bonds is 4. The summed E-state index contributed by atoms with van der Waals surface area (Å²) in [5, 5.41) is 12.8. The number of carbonyl (C=O) groups is 1. The summed E-state index contributed by atoms with van der Waals surface area (Å²) < 4.78 is 1.62. The minimum absolute atomic E-state index is 0.0584. The molecular formula is C19H18ClN5OS. The van der Waals surface area contributed by atoms with Crippen molar-refractivity contribution in [3.63, 3.8) is 0 Å². The Bertz CT molecular complexity index is 974. The predicted molar refractivity (Wildman–Crippen MR) is 107 cm³/mol. The molecule has 2 aromatic carbocycles. The number of para-hydroxylation sites is 1. The van der Waals surface area contributed by atoms with Crippen LogP contribution >= 0.6 is 23.4 Å². The molecule has 4 rings (SSSR count). The maximum Gasteiger partial charge on any atom is 0.240 e. The molecule has 0 fully saturated rings. The van der Waals surface area contributed by atoms with Crippen LogP contribution < -0.4 is 4.90 Å². The molecule has 0 spiro atoms. The number of aromatic nitrogens is 4. The lowest BCUT2D eigenvalue weighted by Gasteiger charge is -2.25. The lowest BCUT2D eigenvalue weighted by atomic mass is 10.1. The second kappa shape index (κ2) is 7.32. The van der Waals surface area contributed by atoms with Gasteiger partial charge in [-0.25, -0.2) is 0 Å². The van der Waals surface area contributed by atoms with Crippen LogP contribution in [0.5, 0.6) is 0 Å². The first kappa shape index (κ1) is 18.0. The Morgan fingerprint density at radius 3 is 2.74 bits per heavy atom. The summed E-state index contributed by atoms with van der Waals surface area (Å²) in [6.07, 6.45) is 0.877. The van der Waals surface area contributed by atoms with Gasteiger partial charge in [0.1, 0.15) is 0 Å². The number of fused-ring (bicyclic) bond motifs is 1. The SMILES string of the molecule is CC(Sc1nnnn1-c1ccc(Cl)cc1)C(=O)N1c2ccccc2CC1C. The first-order chi connectivity index (χ1) is 13.0. The quantitative estimate of drug-likeness (QED) is 0.625. The molecule has 0 aliphatic carbocycles. The van der Waals surface area contributed by atoms with Gasteiger partial charge >= 0.3 is 0 Å². The maximum atomic E-state index is 13.1. The predicted octanol–water partition coefficient (Wildman–Crippen LogP) is 3.77. The molecule has 138 valence electrons. The number of thioether (sulfide) groups is 1. The van der Waals surface area contributed by atoms with Crippen molar-refractivity contribution in [3.8, 4) is 5.69 Å². The zero-order valence-electron chi connectivity index (χ0n) is 14.9. The van der Waals surface area contributed by atoms with Crippen LogP contribution in [0.1, 0.15) is 19.4 Å². The number of hydrogen-bond donors (Lipinski definition) is 0. The average molecular weight is 400 g/mol. The Balaban J connectivity index is 1.55. The molecule has 2 unspecified atom stereocenters. The maximum absolute atomic E-state index is 13.1. The Kier molecular flexibility index (Phi) is 4.88. The topological polar surface area (TPSA) is 63.9 Å². The van der Waals surface area contributed by atoms with Crippen LogP contribution in [0.25, 0.3) is 5.69 Å². The van der Waals surface area contributed by atoms with Gasteiger partial charge < -0.3 is 4.90 Å². The van der Waals surface area contributed by atoms with Crippen LogP contribution in [0.2, 0.25) is 5.02 Å². The third kappa shape index (κ3) is 3.44. The van der Waals surface area contributed by atoms with Gasteiger partial charge in [0.25, 0.3) is 0 Å². The van der Waals surface area contributed by atoms with Crippen LogP contribution in [-0.4, -0.2) is 37.4 Å². The molecule has 1 aliphatic heterocycles. The molecule has 2 heterocycles. The summed E-state index contributed by atoms with van der Waals surface area (Å²) in [6, 6.07) is 15.5. The van der Waals surface area contributed by atoms with E-state index >= 15 is 0 Å². The van der Waals surface area contributed by atoms with E-state index < -0.39 is 0 Å². The molecule has 1 amide bonds. The van der Waals surface area contributed by atoms with Gasteiger partial charge in [-0.15, -0.1) is 5.10 Å². The monoisotopic (exact) mass is 399 g/mol. The fourth-order valence-corrected chi connectivity index (χ4v) is 4.28. The van der Waals surface area contributed by atoms with Crippen molar-refractivity contribution in [1.82, 2.24) is 20.2 Å². The summed E-state index contributed by atoms with van der Waals surface area (Å²) in [5.74, 6) is 0.0584. The van der Waals surface area contributed by atoms with Gasteiger partial charge in [0, 0.05) is 16.8 Å². The van der Waals surface area contributed by atoms with E-state index in [1.165, 1.54) is 17.3 Å². The molecule has 0 N–H and O–H groups in total. The van der Waals surface area contributed by atoms with E-state index in [4.69, 9.17) is 11.6 Å². The van der Waals surface area contributed by atoms with Crippen molar-refractivity contribution < 1.29 is 4.79 Å². The normalized spacial score (nSPS) is 17.0. The summed E-state index contributed by atoms with van der Waals surface area (Å²) in [7, 11) is 0. The molecule has 0 saturated heterocycles. The molecule has 1 aliphatic rings. The fourth-order valence-electron chi connectivity index (χ4n) is 3.30. The molecule has 0 bridgehead atoms. The molecule has 1 aromatic heterocycles. The molecule has 0 saturated carbocycles. The van der Waals surface area contributed by atoms with Gasteiger partial charge in [-0.1, -0.05) is 41.6 Å². The zero-order valence-corrected chi connectivity index (χ0v) is 16.5. The van der Waals surface area contributed by atoms with E-state index in [-0.39, 0.29) is 17.2 Å². The van der Waals surface area contributed by atoms with Gasteiger partial charge in [0.05, 0.1) is 10.9 Å². The first-order valence-corrected chi connectivity index (χ1v) is 9.92. The smallest absolute Gasteiger partial charge is 0.240 e. The number of halogens is 1. The summed E-state index contributed by atoms with van der Waals surface area (Å²) >= 11 is 7.30. The fraction of sp³-hybridized carbons (Fsp3) is 0.263. The van der Waals surface area contributed by atoms with Crippen molar-refractivity contribution in [1.29, 1.82) is 0 Å². The lowest BCUT2D eigenvalue weighted by molar-refractivity contribution is -0.118. The number of carbonyl (C=O) groups excluding carboxylic acids is 1. The number of nitrogens with zero attached hydrogens (tertiary/aromatic N) is 5. The van der Waals surface area contributed by atoms with Gasteiger partial charge in [0.2, 0.25) is 11.1 Å². The minimum atomic E-state index is -0.323. The third-order valence-electron chi connectivity index (χ3n) is 4.59. The highest BCUT2D eigenvalue weighted by atomic mass is 35.5. The van der Waals surface area contributed by atoms with Gasteiger partial charge in [-0.3, -0.25) is 4.79 Å². The van der Waals surface area contributed by atoms with Gasteiger partial charge in [0.15, 0.2) is 0 Å². The highest BCUT2D eigenvalue weighted by molar-refractivity contribution is 8.00. The standard InChI is InChI=1S/C19H18ClN5OS/c1-12-11-14-5-3-4-6-17(14)24(12)18(26)13(2)27-19-21-22-23-25(19)16-9-7-15(20)8-10-16/h3-10,12-13H,11H2,1-2H3. The molecular weight excluding hydrogens is 382 g/mol. The highest BCUT2D eigenvalue weighted by Crippen LogP contribution is 2.34. The minimum Gasteiger partial charge on any atom is -0.308 e. The van der Waals surface area contributed by atoms with Gasteiger partial charge in [-0.2, -0.15) is 4.68 Å². The molecule has 2 atom stereocenters. The number of hydrogen-bond acceptors (Lipinski definition) is 5. The number of benzene rings is 2. The van der Waals surface area contributed by atoms with Crippen molar-refractivity contribution in [2.24, 2.45) is 0 Å². The zero-order chi connectivity index (χ0) is 19.0. The van der Waals surface area contributed by atoms with Crippen molar-refractivity contribution in [3.05, 3.63) is 59.1 Å². The molecule has 6 nitrogen and oxygen atoms in total. The second-order valence-corrected chi connectivity index (χ2v) is 8.24. The van der Waals surface area contributed by atoms with E-state index in [9.17, 15) is 4.79 Å². The summed E-state index contributed by atoms with van der Waals surface area (Å²) in [4.78, 5) is 15.0. The van der Waals surface area contributed by atoms with Crippen LogP contribution in [0.3, 0.4) is 0 Å². The van der Waals surface area contributed by atoms with Gasteiger partial charge in [-0.05, 0) is 66.6 Å². The van der Waals surface area contributed by atoms with E-state index in [0.717, 1.165) is 17.8 Å². The Morgan fingerprint density at radius 1 is 1.22 bits per heavy atom. The lowest BCUT2D eigenvalue weighted by Crippen LogP contribution is -2.40. The average Bonchev–Trinajstić information content (AvgIpc) is 3.25. The molecule has 0 radical (unpaired) electrons. The number of anilines is 1. The summed E-state index contributed by atoms with van der Waals surface area (Å²) in [5.41, 5.74) is 3.01. The summed E-state index contributed by atoms with van der Waals surface area (Å²) in [6.45, 7) is 3.97. The largest absolute Gasteiger partial charge is 0.308 e. The van der Waals surface area contributed by atoms with Crippen molar-refractivity contribution in [2.75, 3.05) is 4.90 Å². The van der Waals surface area contributed by atoms with Crippen LogP contribution in [0.15, 0.2) is 53.7 Å². The molecule has 8 heteroatoms. The first-order valence-electron chi connectivity index (χ1n) is 8.66. The number of amides is 1. The second-order valence-electron chi connectivity index (χ2n) is 6.50. The molecule has 3 aromatic rings. The van der Waals surface area contributed by atoms with Crippen molar-refractivity contribution in [2.45, 2.75) is 36.7 Å². The number of tetrazole rings is 1. The van der Waals surface area contributed by atoms with E-state index in [0.29, 0.717) is 10.2 Å². The third-order valence-corrected chi connectivity index (χ3v) is 5.86. The van der Waals surface area contributed by atoms with Crippen LogP contribution in [-0.2, 0) is 11.2 Å². The Morgan fingerprint density at radius 2 is 1.96 bits per heavy atom. The molecule has 27 heavy (non-hydrogen) atoms. The van der Waals surface area contributed by atoms with E-state index in [1.54, 1.807) is 16.8 Å². The van der Waals surface area contributed by atoms with E-state index in [2.05, 4.69) is 28.5 Å². The van der Waals surface area contributed by atoms with Crippen molar-refractivity contribution >= 4 is 35.0 Å². The Labute approximate surface area is 166 Å². The Hall–Kier alpha value is -2.38. The highest BCUT2D eigenvalue weighted by Gasteiger charge is 2.34. The van der Waals surface area contributed by atoms with Crippen LogP contribution in [0.4, 0.5) is 5.69 Å². The van der Waals surface area contributed by atoms with E-state index in [1.807, 2.05) is 42.2 Å².